The van der Waals surface area contributed by atoms with Gasteiger partial charge in [-0.05, 0) is 57.5 Å². The van der Waals surface area contributed by atoms with Crippen molar-refractivity contribution in [2.24, 2.45) is 5.10 Å². The van der Waals surface area contributed by atoms with E-state index in [9.17, 15) is 4.79 Å². The molecule has 1 amide bonds. The first-order valence-electron chi connectivity index (χ1n) is 9.72. The first-order chi connectivity index (χ1) is 14.0. The summed E-state index contributed by atoms with van der Waals surface area (Å²) in [7, 11) is 0. The Morgan fingerprint density at radius 2 is 1.83 bits per heavy atom. The Morgan fingerprint density at radius 1 is 1.07 bits per heavy atom. The molecule has 1 heterocycles. The highest BCUT2D eigenvalue weighted by Crippen LogP contribution is 2.23. The quantitative estimate of drug-likeness (QED) is 0.327. The van der Waals surface area contributed by atoms with Crippen molar-refractivity contribution < 1.29 is 4.79 Å². The van der Waals surface area contributed by atoms with Gasteiger partial charge in [0.05, 0.1) is 6.21 Å². The second kappa shape index (κ2) is 9.61. The number of thioether (sulfide) groups is 1. The van der Waals surface area contributed by atoms with Crippen LogP contribution in [0.5, 0.6) is 0 Å². The van der Waals surface area contributed by atoms with Crippen molar-refractivity contribution in [1.29, 1.82) is 0 Å². The van der Waals surface area contributed by atoms with Gasteiger partial charge in [-0.2, -0.15) is 5.10 Å². The van der Waals surface area contributed by atoms with Crippen LogP contribution >= 0.6 is 11.8 Å². The van der Waals surface area contributed by atoms with Gasteiger partial charge in [0.15, 0.2) is 0 Å². The molecule has 29 heavy (non-hydrogen) atoms. The summed E-state index contributed by atoms with van der Waals surface area (Å²) in [5.41, 5.74) is 9.55. The lowest BCUT2D eigenvalue weighted by Gasteiger charge is -2.13. The summed E-state index contributed by atoms with van der Waals surface area (Å²) in [5, 5.41) is 4.17. The molecule has 0 saturated carbocycles. The number of carbonyl (C=O) groups excluding carboxylic acids is 1. The van der Waals surface area contributed by atoms with Crippen LogP contribution in [0.1, 0.15) is 34.5 Å². The van der Waals surface area contributed by atoms with Crippen molar-refractivity contribution in [2.75, 3.05) is 5.75 Å². The zero-order valence-electron chi connectivity index (χ0n) is 17.4. The predicted molar refractivity (Wildman–Crippen MR) is 122 cm³/mol. The van der Waals surface area contributed by atoms with Gasteiger partial charge in [-0.25, -0.2) is 5.43 Å². The van der Waals surface area contributed by atoms with Crippen molar-refractivity contribution in [3.05, 3.63) is 82.7 Å². The molecule has 0 aliphatic carbocycles. The Hall–Kier alpha value is -2.79. The molecule has 0 spiro atoms. The fourth-order valence-electron chi connectivity index (χ4n) is 3.35. The van der Waals surface area contributed by atoms with Gasteiger partial charge in [-0.15, -0.1) is 11.8 Å². The molecule has 0 aliphatic heterocycles. The highest BCUT2D eigenvalue weighted by molar-refractivity contribution is 7.99. The van der Waals surface area contributed by atoms with Crippen molar-refractivity contribution in [2.45, 2.75) is 39.0 Å². The van der Waals surface area contributed by atoms with Gasteiger partial charge in [-0.1, -0.05) is 35.9 Å². The van der Waals surface area contributed by atoms with E-state index in [2.05, 4.69) is 67.1 Å². The van der Waals surface area contributed by atoms with Crippen LogP contribution in [0.3, 0.4) is 0 Å². The SMILES string of the molecule is Cc1ccc(-n2c(C)cc(C=NNC(=O)CCSc3ccccc3)c2C)c(C)c1. The predicted octanol–water partition coefficient (Wildman–Crippen LogP) is 5.34. The summed E-state index contributed by atoms with van der Waals surface area (Å²) in [6, 6.07) is 18.6. The molecule has 0 atom stereocenters. The molecule has 2 aromatic carbocycles. The van der Waals surface area contributed by atoms with E-state index in [-0.39, 0.29) is 5.91 Å². The number of hydrogen-bond donors (Lipinski definition) is 1. The molecule has 0 bridgehead atoms. The van der Waals surface area contributed by atoms with E-state index in [0.29, 0.717) is 6.42 Å². The smallest absolute Gasteiger partial charge is 0.240 e. The highest BCUT2D eigenvalue weighted by Gasteiger charge is 2.11. The first kappa shape index (κ1) is 20.9. The van der Waals surface area contributed by atoms with E-state index in [1.165, 1.54) is 21.7 Å². The van der Waals surface area contributed by atoms with Crippen molar-refractivity contribution in [1.82, 2.24) is 9.99 Å². The van der Waals surface area contributed by atoms with Gasteiger partial charge in [-0.3, -0.25) is 4.79 Å². The fourth-order valence-corrected chi connectivity index (χ4v) is 4.23. The number of hydrazone groups is 1. The minimum absolute atomic E-state index is 0.0760. The van der Waals surface area contributed by atoms with Gasteiger partial charge in [0.2, 0.25) is 5.91 Å². The molecule has 0 saturated heterocycles. The third-order valence-electron chi connectivity index (χ3n) is 4.80. The molecule has 5 heteroatoms. The lowest BCUT2D eigenvalue weighted by Crippen LogP contribution is -2.17. The Balaban J connectivity index is 1.60. The Bertz CT molecular complexity index is 1020. The summed E-state index contributed by atoms with van der Waals surface area (Å²) in [6.07, 6.45) is 2.16. The number of benzene rings is 2. The second-order valence-electron chi connectivity index (χ2n) is 7.16. The number of aryl methyl sites for hydroxylation is 3. The standard InChI is InChI=1S/C24H27N3OS/c1-17-10-11-23(18(2)14-17)27-19(3)15-21(20(27)4)16-25-26-24(28)12-13-29-22-8-6-5-7-9-22/h5-11,14-16H,12-13H2,1-4H3,(H,26,28). The zero-order valence-corrected chi connectivity index (χ0v) is 18.2. The fraction of sp³-hybridized carbons (Fsp3) is 0.250. The maximum absolute atomic E-state index is 12.0. The molecule has 3 rings (SSSR count). The van der Waals surface area contributed by atoms with Crippen molar-refractivity contribution in [3.8, 4) is 5.69 Å². The average Bonchev–Trinajstić information content (AvgIpc) is 2.96. The van der Waals surface area contributed by atoms with E-state index in [1.807, 2.05) is 30.3 Å². The topological polar surface area (TPSA) is 46.4 Å². The summed E-state index contributed by atoms with van der Waals surface area (Å²) in [6.45, 7) is 8.39. The number of nitrogens with one attached hydrogen (secondary N) is 1. The zero-order chi connectivity index (χ0) is 20.8. The number of hydrogen-bond acceptors (Lipinski definition) is 3. The average molecular weight is 406 g/mol. The number of nitrogens with zero attached hydrogens (tertiary/aromatic N) is 2. The van der Waals surface area contributed by atoms with E-state index < -0.39 is 0 Å². The first-order valence-corrected chi connectivity index (χ1v) is 10.7. The van der Waals surface area contributed by atoms with E-state index in [1.54, 1.807) is 18.0 Å². The Labute approximate surface area is 177 Å². The molecular formula is C24H27N3OS. The van der Waals surface area contributed by atoms with Crippen LogP contribution in [0.4, 0.5) is 0 Å². The third kappa shape index (κ3) is 5.39. The number of carbonyl (C=O) groups is 1. The lowest BCUT2D eigenvalue weighted by molar-refractivity contribution is -0.120. The van der Waals surface area contributed by atoms with Crippen molar-refractivity contribution >= 4 is 23.9 Å². The minimum atomic E-state index is -0.0760. The summed E-state index contributed by atoms with van der Waals surface area (Å²) < 4.78 is 2.23. The molecule has 3 aromatic rings. The van der Waals surface area contributed by atoms with E-state index in [4.69, 9.17) is 0 Å². The van der Waals surface area contributed by atoms with Crippen molar-refractivity contribution in [3.63, 3.8) is 0 Å². The molecular weight excluding hydrogens is 378 g/mol. The van der Waals surface area contributed by atoms with Crippen LogP contribution < -0.4 is 5.43 Å². The molecule has 0 radical (unpaired) electrons. The number of rotatable bonds is 7. The largest absolute Gasteiger partial charge is 0.318 e. The van der Waals surface area contributed by atoms with Gasteiger partial charge in [0.1, 0.15) is 0 Å². The van der Waals surface area contributed by atoms with Gasteiger partial charge in [0.25, 0.3) is 0 Å². The number of amides is 1. The molecule has 0 unspecified atom stereocenters. The van der Waals surface area contributed by atoms with Crippen LogP contribution in [-0.4, -0.2) is 22.4 Å². The third-order valence-corrected chi connectivity index (χ3v) is 5.81. The van der Waals surface area contributed by atoms with Crippen LogP contribution in [0, 0.1) is 27.7 Å². The van der Waals surface area contributed by atoms with Crippen LogP contribution in [-0.2, 0) is 4.79 Å². The van der Waals surface area contributed by atoms with E-state index >= 15 is 0 Å². The molecule has 1 aromatic heterocycles. The molecule has 1 N–H and O–H groups in total. The summed E-state index contributed by atoms with van der Waals surface area (Å²) in [4.78, 5) is 13.2. The normalized spacial score (nSPS) is 11.2. The van der Waals surface area contributed by atoms with Gasteiger partial charge in [0, 0.05) is 39.7 Å². The molecule has 0 aliphatic rings. The van der Waals surface area contributed by atoms with Gasteiger partial charge >= 0.3 is 0 Å². The Morgan fingerprint density at radius 3 is 2.55 bits per heavy atom. The monoisotopic (exact) mass is 405 g/mol. The lowest BCUT2D eigenvalue weighted by atomic mass is 10.1. The molecule has 0 fully saturated rings. The minimum Gasteiger partial charge on any atom is -0.318 e. The highest BCUT2D eigenvalue weighted by atomic mass is 32.2. The summed E-state index contributed by atoms with van der Waals surface area (Å²) in [5.74, 6) is 0.653. The van der Waals surface area contributed by atoms with Crippen LogP contribution in [0.15, 0.2) is 64.6 Å². The van der Waals surface area contributed by atoms with Crippen LogP contribution in [0.2, 0.25) is 0 Å². The second-order valence-corrected chi connectivity index (χ2v) is 8.32. The van der Waals surface area contributed by atoms with E-state index in [0.717, 1.165) is 22.7 Å². The Kier molecular flexibility index (Phi) is 6.94. The van der Waals surface area contributed by atoms with Gasteiger partial charge < -0.3 is 4.57 Å². The molecule has 4 nitrogen and oxygen atoms in total. The number of aromatic nitrogens is 1. The maximum atomic E-state index is 12.0. The summed E-state index contributed by atoms with van der Waals surface area (Å²) >= 11 is 1.67. The van der Waals surface area contributed by atoms with Crippen LogP contribution in [0.25, 0.3) is 5.69 Å². The molecule has 150 valence electrons. The maximum Gasteiger partial charge on any atom is 0.240 e.